The highest BCUT2D eigenvalue weighted by atomic mass is 32.1. The van der Waals surface area contributed by atoms with Gasteiger partial charge in [-0.25, -0.2) is 0 Å². The van der Waals surface area contributed by atoms with Crippen molar-refractivity contribution in [3.8, 4) is 0 Å². The number of nitrogens with zero attached hydrogens (tertiary/aromatic N) is 1. The molecule has 0 radical (unpaired) electrons. The molecular formula is C23H28N2O3S. The van der Waals surface area contributed by atoms with E-state index < -0.39 is 0 Å². The van der Waals surface area contributed by atoms with Crippen LogP contribution in [0.2, 0.25) is 0 Å². The van der Waals surface area contributed by atoms with Gasteiger partial charge >= 0.3 is 0 Å². The number of methoxy groups -OCH3 is 1. The second-order valence-electron chi connectivity index (χ2n) is 7.87. The van der Waals surface area contributed by atoms with E-state index in [1.54, 1.807) is 18.4 Å². The van der Waals surface area contributed by atoms with E-state index >= 15 is 0 Å². The number of hydrogen-bond donors (Lipinski definition) is 1. The molecule has 2 heterocycles. The summed E-state index contributed by atoms with van der Waals surface area (Å²) in [6.45, 7) is 1.75. The molecule has 2 amide bonds. The van der Waals surface area contributed by atoms with Crippen LogP contribution in [0.25, 0.3) is 0 Å². The van der Waals surface area contributed by atoms with E-state index in [2.05, 4.69) is 17.4 Å². The highest BCUT2D eigenvalue weighted by molar-refractivity contribution is 7.14. The van der Waals surface area contributed by atoms with E-state index in [0.29, 0.717) is 19.6 Å². The lowest BCUT2D eigenvalue weighted by molar-refractivity contribution is -0.117. The standard InChI is InChI=1S/C23H28N2O3S/c1-28-12-10-22(26)24-19-8-7-16-9-11-25(15-18(16)13-19)23(27)21-14-17-5-3-2-4-6-20(17)29-21/h7-8,13-14H,2-6,9-12,15H2,1H3,(H,24,26). The van der Waals surface area contributed by atoms with E-state index in [4.69, 9.17) is 4.74 Å². The van der Waals surface area contributed by atoms with Crippen molar-refractivity contribution in [1.82, 2.24) is 4.90 Å². The van der Waals surface area contributed by atoms with E-state index in [-0.39, 0.29) is 11.8 Å². The van der Waals surface area contributed by atoms with Gasteiger partial charge in [0.15, 0.2) is 0 Å². The van der Waals surface area contributed by atoms with Crippen LogP contribution in [0.5, 0.6) is 0 Å². The summed E-state index contributed by atoms with van der Waals surface area (Å²) in [5, 5.41) is 2.92. The van der Waals surface area contributed by atoms with Crippen LogP contribution >= 0.6 is 11.3 Å². The predicted octanol–water partition coefficient (Wildman–Crippen LogP) is 4.19. The van der Waals surface area contributed by atoms with E-state index in [0.717, 1.165) is 41.9 Å². The number of amides is 2. The van der Waals surface area contributed by atoms with Crippen molar-refractivity contribution in [2.45, 2.75) is 51.5 Å². The molecule has 0 bridgehead atoms. The van der Waals surface area contributed by atoms with Gasteiger partial charge in [-0.2, -0.15) is 0 Å². The Morgan fingerprint density at radius 2 is 1.93 bits per heavy atom. The average molecular weight is 413 g/mol. The zero-order chi connectivity index (χ0) is 20.2. The Labute approximate surface area is 176 Å². The number of rotatable bonds is 5. The van der Waals surface area contributed by atoms with Crippen LogP contribution in [0.4, 0.5) is 5.69 Å². The Kier molecular flexibility index (Phi) is 6.31. The van der Waals surface area contributed by atoms with Gasteiger partial charge in [-0.05, 0) is 67.0 Å². The van der Waals surface area contributed by atoms with Crippen molar-refractivity contribution in [3.63, 3.8) is 0 Å². The Morgan fingerprint density at radius 3 is 2.79 bits per heavy atom. The number of thiophene rings is 1. The Balaban J connectivity index is 1.45. The third kappa shape index (κ3) is 4.70. The smallest absolute Gasteiger partial charge is 0.264 e. The first-order chi connectivity index (χ1) is 14.1. The van der Waals surface area contributed by atoms with Crippen molar-refractivity contribution in [2.75, 3.05) is 25.6 Å². The van der Waals surface area contributed by atoms with Crippen LogP contribution in [0, 0.1) is 0 Å². The zero-order valence-corrected chi connectivity index (χ0v) is 17.8. The number of anilines is 1. The molecule has 1 aliphatic carbocycles. The fourth-order valence-electron chi connectivity index (χ4n) is 4.16. The van der Waals surface area contributed by atoms with Gasteiger partial charge in [0, 0.05) is 30.8 Å². The topological polar surface area (TPSA) is 58.6 Å². The van der Waals surface area contributed by atoms with Crippen molar-refractivity contribution in [3.05, 3.63) is 50.7 Å². The molecule has 2 aliphatic rings. The van der Waals surface area contributed by atoms with Crippen molar-refractivity contribution in [1.29, 1.82) is 0 Å². The van der Waals surface area contributed by atoms with Crippen molar-refractivity contribution < 1.29 is 14.3 Å². The van der Waals surface area contributed by atoms with Crippen LogP contribution in [-0.4, -0.2) is 37.0 Å². The summed E-state index contributed by atoms with van der Waals surface area (Å²) in [4.78, 5) is 29.3. The Bertz CT molecular complexity index is 882. The molecule has 1 aliphatic heterocycles. The predicted molar refractivity (Wildman–Crippen MR) is 116 cm³/mol. The van der Waals surface area contributed by atoms with Gasteiger partial charge in [0.1, 0.15) is 0 Å². The Hall–Kier alpha value is -2.18. The van der Waals surface area contributed by atoms with Crippen LogP contribution in [0.1, 0.15) is 56.9 Å². The normalized spacial score (nSPS) is 16.0. The lowest BCUT2D eigenvalue weighted by Gasteiger charge is -2.29. The summed E-state index contributed by atoms with van der Waals surface area (Å²) in [7, 11) is 1.59. The Morgan fingerprint density at radius 1 is 1.07 bits per heavy atom. The van der Waals surface area contributed by atoms with Crippen molar-refractivity contribution >= 4 is 28.8 Å². The van der Waals surface area contributed by atoms with Crippen LogP contribution in [-0.2, 0) is 35.3 Å². The maximum Gasteiger partial charge on any atom is 0.264 e. The summed E-state index contributed by atoms with van der Waals surface area (Å²) in [5.74, 6) is 0.0823. The van der Waals surface area contributed by atoms with Gasteiger partial charge in [0.2, 0.25) is 5.91 Å². The lowest BCUT2D eigenvalue weighted by atomic mass is 9.98. The fraction of sp³-hybridized carbons (Fsp3) is 0.478. The molecule has 4 rings (SSSR count). The number of aryl methyl sites for hydroxylation is 2. The maximum atomic E-state index is 13.1. The molecule has 1 N–H and O–H groups in total. The molecule has 6 heteroatoms. The van der Waals surface area contributed by atoms with Crippen molar-refractivity contribution in [2.24, 2.45) is 0 Å². The summed E-state index contributed by atoms with van der Waals surface area (Å²) < 4.78 is 4.96. The summed E-state index contributed by atoms with van der Waals surface area (Å²) >= 11 is 1.69. The fourth-order valence-corrected chi connectivity index (χ4v) is 5.38. The number of fused-ring (bicyclic) bond motifs is 2. The highest BCUT2D eigenvalue weighted by Crippen LogP contribution is 2.31. The van der Waals surface area contributed by atoms with E-state index in [1.807, 2.05) is 17.0 Å². The first-order valence-electron chi connectivity index (χ1n) is 10.5. The van der Waals surface area contributed by atoms with E-state index in [9.17, 15) is 9.59 Å². The summed E-state index contributed by atoms with van der Waals surface area (Å²) in [6.07, 6.45) is 7.16. The number of benzene rings is 1. The first-order valence-corrected chi connectivity index (χ1v) is 11.3. The molecular weight excluding hydrogens is 384 g/mol. The highest BCUT2D eigenvalue weighted by Gasteiger charge is 2.25. The molecule has 5 nitrogen and oxygen atoms in total. The zero-order valence-electron chi connectivity index (χ0n) is 17.0. The number of carbonyl (C=O) groups excluding carboxylic acids is 2. The SMILES string of the molecule is COCCC(=O)Nc1ccc2c(c1)CN(C(=O)c1cc3c(s1)CCCCC3)CC2. The quantitative estimate of drug-likeness (QED) is 0.749. The lowest BCUT2D eigenvalue weighted by Crippen LogP contribution is -2.35. The van der Waals surface area contributed by atoms with Crippen LogP contribution in [0.15, 0.2) is 24.3 Å². The monoisotopic (exact) mass is 412 g/mol. The van der Waals surface area contributed by atoms with Crippen LogP contribution < -0.4 is 5.32 Å². The second kappa shape index (κ2) is 9.09. The third-order valence-electron chi connectivity index (χ3n) is 5.78. The summed E-state index contributed by atoms with van der Waals surface area (Å²) in [6, 6.07) is 8.15. The average Bonchev–Trinajstić information content (AvgIpc) is 3.01. The first kappa shape index (κ1) is 20.1. The summed E-state index contributed by atoms with van der Waals surface area (Å²) in [5.41, 5.74) is 4.54. The van der Waals surface area contributed by atoms with Gasteiger partial charge < -0.3 is 15.0 Å². The molecule has 0 fully saturated rings. The molecule has 0 saturated carbocycles. The largest absolute Gasteiger partial charge is 0.384 e. The minimum absolute atomic E-state index is 0.0596. The van der Waals surface area contributed by atoms with Gasteiger partial charge in [0.25, 0.3) is 5.91 Å². The van der Waals surface area contributed by atoms with Gasteiger partial charge in [-0.1, -0.05) is 12.5 Å². The molecule has 154 valence electrons. The molecule has 29 heavy (non-hydrogen) atoms. The molecule has 0 spiro atoms. The van der Waals surface area contributed by atoms with Gasteiger partial charge in [-0.3, -0.25) is 9.59 Å². The number of nitrogens with one attached hydrogen (secondary N) is 1. The third-order valence-corrected chi connectivity index (χ3v) is 7.01. The molecule has 0 atom stereocenters. The maximum absolute atomic E-state index is 13.1. The second-order valence-corrected chi connectivity index (χ2v) is 9.01. The van der Waals surface area contributed by atoms with Gasteiger partial charge in [-0.15, -0.1) is 11.3 Å². The number of hydrogen-bond acceptors (Lipinski definition) is 4. The minimum Gasteiger partial charge on any atom is -0.384 e. The molecule has 1 aromatic carbocycles. The molecule has 1 aromatic heterocycles. The van der Waals surface area contributed by atoms with Gasteiger partial charge in [0.05, 0.1) is 17.9 Å². The molecule has 2 aromatic rings. The number of carbonyl (C=O) groups is 2. The molecule has 0 saturated heterocycles. The van der Waals surface area contributed by atoms with E-state index in [1.165, 1.54) is 35.3 Å². The molecule has 0 unspecified atom stereocenters. The van der Waals surface area contributed by atoms with Crippen LogP contribution in [0.3, 0.4) is 0 Å². The minimum atomic E-state index is -0.0596. The number of ether oxygens (including phenoxy) is 1.